The van der Waals surface area contributed by atoms with Gasteiger partial charge in [-0.2, -0.15) is 0 Å². The van der Waals surface area contributed by atoms with E-state index < -0.39 is 0 Å². The Kier molecular flexibility index (Phi) is 1.81. The highest BCUT2D eigenvalue weighted by Gasteiger charge is 2.32. The van der Waals surface area contributed by atoms with Crippen molar-refractivity contribution in [2.75, 3.05) is 0 Å². The summed E-state index contributed by atoms with van der Waals surface area (Å²) in [6, 6.07) is 0. The summed E-state index contributed by atoms with van der Waals surface area (Å²) in [5.74, 6) is 2.44. The molecule has 0 aromatic heterocycles. The number of nitrogens with two attached hydrogens (primary N) is 1. The van der Waals surface area contributed by atoms with Crippen molar-refractivity contribution in [1.82, 2.24) is 0 Å². The molecule has 3 rings (SSSR count). The van der Waals surface area contributed by atoms with Gasteiger partial charge in [0.05, 0.1) is 0 Å². The predicted octanol–water partition coefficient (Wildman–Crippen LogP) is 2.53. The van der Waals surface area contributed by atoms with E-state index in [4.69, 9.17) is 10.5 Å². The zero-order chi connectivity index (χ0) is 10.3. The van der Waals surface area contributed by atoms with Gasteiger partial charge in [0.2, 0.25) is 0 Å². The van der Waals surface area contributed by atoms with Crippen molar-refractivity contribution < 1.29 is 4.74 Å². The van der Waals surface area contributed by atoms with Gasteiger partial charge in [0.1, 0.15) is 11.5 Å². The minimum atomic E-state index is 0.373. The fraction of sp³-hybridized carbons (Fsp3) is 0.231. The molecule has 1 atom stereocenters. The molecule has 1 aliphatic heterocycles. The largest absolute Gasteiger partial charge is 0.461 e. The SMILES string of the molecule is NC1=CC=C2OC3=C(CC=CC=C3)C2C1. The summed E-state index contributed by atoms with van der Waals surface area (Å²) in [6.07, 6.45) is 14.1. The summed E-state index contributed by atoms with van der Waals surface area (Å²) in [5, 5.41) is 0. The fourth-order valence-electron chi connectivity index (χ4n) is 2.27. The Morgan fingerprint density at radius 1 is 1.27 bits per heavy atom. The zero-order valence-electron chi connectivity index (χ0n) is 8.44. The molecule has 1 heterocycles. The van der Waals surface area contributed by atoms with Gasteiger partial charge >= 0.3 is 0 Å². The summed E-state index contributed by atoms with van der Waals surface area (Å²) in [6.45, 7) is 0. The highest BCUT2D eigenvalue weighted by Crippen LogP contribution is 2.42. The third-order valence-corrected chi connectivity index (χ3v) is 3.04. The molecular formula is C13H13NO. The van der Waals surface area contributed by atoms with Gasteiger partial charge in [-0.1, -0.05) is 18.2 Å². The molecule has 76 valence electrons. The molecular weight excluding hydrogens is 186 g/mol. The highest BCUT2D eigenvalue weighted by molar-refractivity contribution is 5.42. The van der Waals surface area contributed by atoms with Crippen molar-refractivity contribution in [3.8, 4) is 0 Å². The molecule has 0 aromatic carbocycles. The molecule has 0 spiro atoms. The smallest absolute Gasteiger partial charge is 0.127 e. The van der Waals surface area contributed by atoms with E-state index >= 15 is 0 Å². The van der Waals surface area contributed by atoms with E-state index in [2.05, 4.69) is 12.2 Å². The summed E-state index contributed by atoms with van der Waals surface area (Å²) < 4.78 is 5.81. The lowest BCUT2D eigenvalue weighted by Gasteiger charge is -2.17. The van der Waals surface area contributed by atoms with Crippen LogP contribution in [0.4, 0.5) is 0 Å². The van der Waals surface area contributed by atoms with E-state index in [1.165, 1.54) is 5.57 Å². The Balaban J connectivity index is 1.99. The van der Waals surface area contributed by atoms with Crippen LogP contribution in [-0.2, 0) is 4.74 Å². The first-order valence-electron chi connectivity index (χ1n) is 5.25. The van der Waals surface area contributed by atoms with Gasteiger partial charge in [-0.3, -0.25) is 0 Å². The van der Waals surface area contributed by atoms with Gasteiger partial charge in [-0.15, -0.1) is 0 Å². The van der Waals surface area contributed by atoms with E-state index in [1.807, 2.05) is 24.3 Å². The summed E-state index contributed by atoms with van der Waals surface area (Å²) in [5.41, 5.74) is 8.16. The normalized spacial score (nSPS) is 27.6. The van der Waals surface area contributed by atoms with E-state index in [1.54, 1.807) is 0 Å². The average molecular weight is 199 g/mol. The van der Waals surface area contributed by atoms with Crippen LogP contribution in [0.1, 0.15) is 12.8 Å². The molecule has 1 unspecified atom stereocenters. The van der Waals surface area contributed by atoms with E-state index in [9.17, 15) is 0 Å². The van der Waals surface area contributed by atoms with Crippen molar-refractivity contribution in [2.45, 2.75) is 12.8 Å². The third kappa shape index (κ3) is 1.33. The first kappa shape index (κ1) is 8.60. The van der Waals surface area contributed by atoms with Crippen molar-refractivity contribution in [3.63, 3.8) is 0 Å². The summed E-state index contributed by atoms with van der Waals surface area (Å²) >= 11 is 0. The van der Waals surface area contributed by atoms with Crippen LogP contribution >= 0.6 is 0 Å². The maximum Gasteiger partial charge on any atom is 0.127 e. The molecule has 0 aromatic rings. The van der Waals surface area contributed by atoms with Crippen LogP contribution in [0.25, 0.3) is 0 Å². The van der Waals surface area contributed by atoms with Gasteiger partial charge in [0.15, 0.2) is 0 Å². The minimum Gasteiger partial charge on any atom is -0.461 e. The topological polar surface area (TPSA) is 35.2 Å². The summed E-state index contributed by atoms with van der Waals surface area (Å²) in [7, 11) is 0. The van der Waals surface area contributed by atoms with Crippen LogP contribution in [0, 0.1) is 5.92 Å². The molecule has 0 bridgehead atoms. The molecule has 2 nitrogen and oxygen atoms in total. The van der Waals surface area contributed by atoms with Crippen LogP contribution in [0.3, 0.4) is 0 Å². The lowest BCUT2D eigenvalue weighted by Crippen LogP contribution is -2.12. The Morgan fingerprint density at radius 2 is 2.20 bits per heavy atom. The zero-order valence-corrected chi connectivity index (χ0v) is 8.44. The van der Waals surface area contributed by atoms with Crippen LogP contribution in [-0.4, -0.2) is 0 Å². The second kappa shape index (κ2) is 3.16. The van der Waals surface area contributed by atoms with Crippen molar-refractivity contribution in [3.05, 3.63) is 59.2 Å². The Labute approximate surface area is 89.1 Å². The second-order valence-corrected chi connectivity index (χ2v) is 4.05. The Hall–Kier alpha value is -1.70. The molecule has 2 N–H and O–H groups in total. The van der Waals surface area contributed by atoms with Gasteiger partial charge in [-0.05, 0) is 30.2 Å². The number of hydrogen-bond donors (Lipinski definition) is 1. The molecule has 3 aliphatic rings. The van der Waals surface area contributed by atoms with Gasteiger partial charge in [0, 0.05) is 18.0 Å². The third-order valence-electron chi connectivity index (χ3n) is 3.04. The summed E-state index contributed by atoms with van der Waals surface area (Å²) in [4.78, 5) is 0. The Morgan fingerprint density at radius 3 is 3.13 bits per heavy atom. The van der Waals surface area contributed by atoms with E-state index in [0.29, 0.717) is 5.92 Å². The van der Waals surface area contributed by atoms with Crippen molar-refractivity contribution >= 4 is 0 Å². The van der Waals surface area contributed by atoms with Crippen LogP contribution in [0.5, 0.6) is 0 Å². The number of allylic oxidation sites excluding steroid dienone is 8. The van der Waals surface area contributed by atoms with Crippen molar-refractivity contribution in [2.24, 2.45) is 11.7 Å². The molecule has 0 saturated heterocycles. The monoisotopic (exact) mass is 199 g/mol. The molecule has 0 fully saturated rings. The van der Waals surface area contributed by atoms with Gasteiger partial charge < -0.3 is 10.5 Å². The van der Waals surface area contributed by atoms with E-state index in [-0.39, 0.29) is 0 Å². The first-order valence-corrected chi connectivity index (χ1v) is 5.25. The maximum absolute atomic E-state index is 5.85. The van der Waals surface area contributed by atoms with Crippen LogP contribution in [0.2, 0.25) is 0 Å². The molecule has 0 radical (unpaired) electrons. The van der Waals surface area contributed by atoms with Gasteiger partial charge in [-0.25, -0.2) is 0 Å². The standard InChI is InChI=1S/C13H13NO/c14-9-6-7-13-11(8-9)10-4-2-1-3-5-12(10)15-13/h1-3,5-7,11H,4,8,14H2. The quantitative estimate of drug-likeness (QED) is 0.650. The molecule has 15 heavy (non-hydrogen) atoms. The predicted molar refractivity (Wildman–Crippen MR) is 59.5 cm³/mol. The number of ether oxygens (including phenoxy) is 1. The highest BCUT2D eigenvalue weighted by atomic mass is 16.5. The first-order chi connectivity index (χ1) is 7.34. The number of fused-ring (bicyclic) bond motifs is 2. The fourth-order valence-corrected chi connectivity index (χ4v) is 2.27. The van der Waals surface area contributed by atoms with Crippen LogP contribution < -0.4 is 5.73 Å². The molecule has 2 heteroatoms. The lowest BCUT2D eigenvalue weighted by atomic mass is 9.88. The molecule has 0 amide bonds. The molecule has 2 aliphatic carbocycles. The number of rotatable bonds is 0. The van der Waals surface area contributed by atoms with E-state index in [0.717, 1.165) is 30.1 Å². The maximum atomic E-state index is 5.85. The lowest BCUT2D eigenvalue weighted by molar-refractivity contribution is 0.314. The average Bonchev–Trinajstić information content (AvgIpc) is 2.44. The van der Waals surface area contributed by atoms with Gasteiger partial charge in [0.25, 0.3) is 0 Å². The molecule has 0 saturated carbocycles. The number of hydrogen-bond acceptors (Lipinski definition) is 2. The second-order valence-electron chi connectivity index (χ2n) is 4.05. The minimum absolute atomic E-state index is 0.373. The van der Waals surface area contributed by atoms with Crippen LogP contribution in [0.15, 0.2) is 59.2 Å². The van der Waals surface area contributed by atoms with Crippen molar-refractivity contribution in [1.29, 1.82) is 0 Å². The Bertz CT molecular complexity index is 449.